The number of fused-ring (bicyclic) bond motifs is 1. The number of oxazole rings is 1. The van der Waals surface area contributed by atoms with Crippen molar-refractivity contribution in [1.82, 2.24) is 24.9 Å². The number of amides is 1. The van der Waals surface area contributed by atoms with Crippen LogP contribution in [0, 0.1) is 6.92 Å². The summed E-state index contributed by atoms with van der Waals surface area (Å²) in [6, 6.07) is 14.3. The van der Waals surface area contributed by atoms with Crippen molar-refractivity contribution in [2.24, 2.45) is 0 Å². The first kappa shape index (κ1) is 20.2. The summed E-state index contributed by atoms with van der Waals surface area (Å²) in [7, 11) is 1.94. The van der Waals surface area contributed by atoms with E-state index in [1.54, 1.807) is 12.4 Å². The third-order valence-electron chi connectivity index (χ3n) is 6.08. The Balaban J connectivity index is 1.38. The molecule has 1 fully saturated rings. The Kier molecular flexibility index (Phi) is 5.34. The minimum absolute atomic E-state index is 0.0108. The van der Waals surface area contributed by atoms with Gasteiger partial charge in [-0.05, 0) is 50.5 Å². The van der Waals surface area contributed by atoms with Gasteiger partial charge in [0.2, 0.25) is 0 Å². The minimum Gasteiger partial charge on any atom is -0.423 e. The molecule has 1 amide bonds. The predicted molar refractivity (Wildman–Crippen MR) is 122 cm³/mol. The van der Waals surface area contributed by atoms with Crippen molar-refractivity contribution in [3.8, 4) is 5.69 Å². The number of hydrogen-bond acceptors (Lipinski definition) is 6. The van der Waals surface area contributed by atoms with E-state index in [2.05, 4.69) is 15.2 Å². The molecule has 0 atom stereocenters. The number of nitrogens with zero attached hydrogens (tertiary/aromatic N) is 6. The van der Waals surface area contributed by atoms with Crippen LogP contribution >= 0.6 is 0 Å². The zero-order chi connectivity index (χ0) is 22.1. The minimum atomic E-state index is 0.0108. The lowest BCUT2D eigenvalue weighted by molar-refractivity contribution is 0.0587. The van der Waals surface area contributed by atoms with Gasteiger partial charge >= 0.3 is 0 Å². The standard InChI is InChI=1S/C24H26N6O2/c1-17-10-11-21(30-25-12-13-26-30)19(16-17)23(31)29(18-6-5-7-18)15-14-28(2)24-27-20-8-3-4-9-22(20)32-24/h3-4,8-13,16,18H,5-7,14-15H2,1-2H3. The molecule has 2 aromatic heterocycles. The van der Waals surface area contributed by atoms with Crippen molar-refractivity contribution in [2.75, 3.05) is 25.0 Å². The van der Waals surface area contributed by atoms with Crippen LogP contribution in [0.25, 0.3) is 16.8 Å². The van der Waals surface area contributed by atoms with Crippen LogP contribution < -0.4 is 4.90 Å². The van der Waals surface area contributed by atoms with Gasteiger partial charge in [0.1, 0.15) is 5.52 Å². The van der Waals surface area contributed by atoms with Crippen molar-refractivity contribution in [1.29, 1.82) is 0 Å². The van der Waals surface area contributed by atoms with Gasteiger partial charge in [0.25, 0.3) is 11.9 Å². The van der Waals surface area contributed by atoms with E-state index in [1.807, 2.05) is 66.2 Å². The highest BCUT2D eigenvalue weighted by Gasteiger charge is 2.31. The number of benzene rings is 2. The van der Waals surface area contributed by atoms with Gasteiger partial charge in [-0.1, -0.05) is 23.8 Å². The lowest BCUT2D eigenvalue weighted by Crippen LogP contribution is -2.47. The second kappa shape index (κ2) is 8.45. The van der Waals surface area contributed by atoms with E-state index in [4.69, 9.17) is 4.42 Å². The maximum absolute atomic E-state index is 13.7. The van der Waals surface area contributed by atoms with Gasteiger partial charge in [-0.25, -0.2) is 0 Å². The summed E-state index contributed by atoms with van der Waals surface area (Å²) < 4.78 is 5.88. The van der Waals surface area contributed by atoms with Crippen LogP contribution in [0.2, 0.25) is 0 Å². The maximum atomic E-state index is 13.7. The number of anilines is 1. The number of carbonyl (C=O) groups is 1. The topological polar surface area (TPSA) is 80.3 Å². The molecule has 4 aromatic rings. The summed E-state index contributed by atoms with van der Waals surface area (Å²) in [6.45, 7) is 3.20. The SMILES string of the molecule is Cc1ccc(-n2nccn2)c(C(=O)N(CCN(C)c2nc3ccccc3o2)C2CCC2)c1. The molecule has 0 radical (unpaired) electrons. The average molecular weight is 431 g/mol. The molecule has 32 heavy (non-hydrogen) atoms. The fraction of sp³-hybridized carbons (Fsp3) is 0.333. The smallest absolute Gasteiger partial charge is 0.298 e. The summed E-state index contributed by atoms with van der Waals surface area (Å²) in [6.07, 6.45) is 6.44. The third-order valence-corrected chi connectivity index (χ3v) is 6.08. The highest BCUT2D eigenvalue weighted by molar-refractivity contribution is 5.98. The van der Waals surface area contributed by atoms with E-state index in [0.717, 1.165) is 35.9 Å². The van der Waals surface area contributed by atoms with Gasteiger partial charge in [-0.3, -0.25) is 4.79 Å². The van der Waals surface area contributed by atoms with Crippen LogP contribution in [-0.4, -0.2) is 57.0 Å². The lowest BCUT2D eigenvalue weighted by Gasteiger charge is -2.38. The molecule has 1 saturated carbocycles. The van der Waals surface area contributed by atoms with Crippen LogP contribution in [0.15, 0.2) is 59.3 Å². The Morgan fingerprint density at radius 3 is 2.62 bits per heavy atom. The monoisotopic (exact) mass is 430 g/mol. The summed E-state index contributed by atoms with van der Waals surface area (Å²) in [5.74, 6) is 0.0108. The fourth-order valence-electron chi connectivity index (χ4n) is 4.02. The zero-order valence-electron chi connectivity index (χ0n) is 18.3. The molecule has 2 aromatic carbocycles. The first-order valence-electron chi connectivity index (χ1n) is 10.9. The van der Waals surface area contributed by atoms with Crippen molar-refractivity contribution in [3.63, 3.8) is 0 Å². The summed E-state index contributed by atoms with van der Waals surface area (Å²) in [5, 5.41) is 8.48. The Hall–Kier alpha value is -3.68. The number of rotatable bonds is 7. The van der Waals surface area contributed by atoms with Gasteiger partial charge in [-0.15, -0.1) is 0 Å². The molecule has 0 bridgehead atoms. The van der Waals surface area contributed by atoms with Crippen LogP contribution in [-0.2, 0) is 0 Å². The number of hydrogen-bond donors (Lipinski definition) is 0. The van der Waals surface area contributed by atoms with Crippen molar-refractivity contribution in [3.05, 3.63) is 66.0 Å². The third kappa shape index (κ3) is 3.84. The Morgan fingerprint density at radius 2 is 1.91 bits per heavy atom. The van der Waals surface area contributed by atoms with E-state index in [9.17, 15) is 4.79 Å². The van der Waals surface area contributed by atoms with E-state index in [0.29, 0.717) is 30.4 Å². The Bertz CT molecular complexity index is 1200. The second-order valence-electron chi connectivity index (χ2n) is 8.31. The molecule has 8 heteroatoms. The van der Waals surface area contributed by atoms with Crippen LogP contribution in [0.5, 0.6) is 0 Å². The fourth-order valence-corrected chi connectivity index (χ4v) is 4.02. The molecule has 0 saturated heterocycles. The highest BCUT2D eigenvalue weighted by Crippen LogP contribution is 2.28. The molecule has 2 heterocycles. The molecule has 0 unspecified atom stereocenters. The van der Waals surface area contributed by atoms with Crippen molar-refractivity contribution in [2.45, 2.75) is 32.2 Å². The molecule has 0 aliphatic heterocycles. The average Bonchev–Trinajstić information content (AvgIpc) is 3.44. The van der Waals surface area contributed by atoms with Gasteiger partial charge < -0.3 is 14.2 Å². The summed E-state index contributed by atoms with van der Waals surface area (Å²) in [5.41, 5.74) is 3.94. The first-order valence-corrected chi connectivity index (χ1v) is 10.9. The van der Waals surface area contributed by atoms with Crippen LogP contribution in [0.4, 0.5) is 6.01 Å². The second-order valence-corrected chi connectivity index (χ2v) is 8.31. The Labute approximate surface area is 186 Å². The summed E-state index contributed by atoms with van der Waals surface area (Å²) >= 11 is 0. The molecule has 1 aliphatic rings. The number of carbonyl (C=O) groups excluding carboxylic acids is 1. The number of aryl methyl sites for hydroxylation is 1. The van der Waals surface area contributed by atoms with Crippen molar-refractivity contribution >= 4 is 23.0 Å². The predicted octanol–water partition coefficient (Wildman–Crippen LogP) is 3.85. The molecule has 8 nitrogen and oxygen atoms in total. The molecule has 1 aliphatic carbocycles. The maximum Gasteiger partial charge on any atom is 0.298 e. The van der Waals surface area contributed by atoms with E-state index >= 15 is 0 Å². The van der Waals surface area contributed by atoms with E-state index in [-0.39, 0.29) is 11.9 Å². The number of likely N-dealkylation sites (N-methyl/N-ethyl adjacent to an activating group) is 1. The van der Waals surface area contributed by atoms with Crippen LogP contribution in [0.1, 0.15) is 35.2 Å². The number of para-hydroxylation sites is 2. The number of aromatic nitrogens is 4. The molecule has 0 spiro atoms. The highest BCUT2D eigenvalue weighted by atomic mass is 16.4. The molecule has 164 valence electrons. The molecular formula is C24H26N6O2. The van der Waals surface area contributed by atoms with Crippen LogP contribution in [0.3, 0.4) is 0 Å². The quantitative estimate of drug-likeness (QED) is 0.443. The molecular weight excluding hydrogens is 404 g/mol. The van der Waals surface area contributed by atoms with Crippen molar-refractivity contribution < 1.29 is 9.21 Å². The first-order chi connectivity index (χ1) is 15.6. The van der Waals surface area contributed by atoms with Gasteiger partial charge in [0, 0.05) is 26.2 Å². The molecule has 5 rings (SSSR count). The van der Waals surface area contributed by atoms with Gasteiger partial charge in [-0.2, -0.15) is 20.0 Å². The van der Waals surface area contributed by atoms with Gasteiger partial charge in [0.15, 0.2) is 5.58 Å². The summed E-state index contributed by atoms with van der Waals surface area (Å²) in [4.78, 5) is 23.8. The largest absolute Gasteiger partial charge is 0.423 e. The van der Waals surface area contributed by atoms with E-state index < -0.39 is 0 Å². The normalized spacial score (nSPS) is 13.8. The lowest BCUT2D eigenvalue weighted by atomic mass is 9.90. The molecule has 0 N–H and O–H groups in total. The Morgan fingerprint density at radius 1 is 1.12 bits per heavy atom. The van der Waals surface area contributed by atoms with Gasteiger partial charge in [0.05, 0.1) is 23.6 Å². The van der Waals surface area contributed by atoms with E-state index in [1.165, 1.54) is 4.80 Å². The zero-order valence-corrected chi connectivity index (χ0v) is 18.3.